The molecule has 0 saturated carbocycles. The maximum atomic E-state index is 14.8. The van der Waals surface area contributed by atoms with Gasteiger partial charge in [-0.3, -0.25) is 19.3 Å². The number of carbonyl (C=O) groups excluding carboxylic acids is 3. The molecule has 0 bridgehead atoms. The average molecular weight is 644 g/mol. The summed E-state index contributed by atoms with van der Waals surface area (Å²) in [5.41, 5.74) is -1.32. The second-order valence-electron chi connectivity index (χ2n) is 10.4. The van der Waals surface area contributed by atoms with E-state index in [4.69, 9.17) is 0 Å². The molecule has 4 N–H and O–H groups in total. The fourth-order valence-electron chi connectivity index (χ4n) is 5.15. The van der Waals surface area contributed by atoms with Crippen LogP contribution in [0.4, 0.5) is 25.0 Å². The third-order valence-corrected chi connectivity index (χ3v) is 8.80. The Hall–Kier alpha value is -5.03. The van der Waals surface area contributed by atoms with Crippen molar-refractivity contribution in [3.63, 3.8) is 0 Å². The van der Waals surface area contributed by atoms with Crippen molar-refractivity contribution in [2.24, 2.45) is 5.92 Å². The lowest BCUT2D eigenvalue weighted by molar-refractivity contribution is -0.139. The molecule has 4 amide bonds. The van der Waals surface area contributed by atoms with Gasteiger partial charge in [0.05, 0.1) is 35.1 Å². The number of carboxylic acids is 1. The Bertz CT molecular complexity index is 1760. The summed E-state index contributed by atoms with van der Waals surface area (Å²) >= 11 is 0. The van der Waals surface area contributed by atoms with E-state index in [1.807, 2.05) is 4.72 Å². The molecule has 2 unspecified atom stereocenters. The summed E-state index contributed by atoms with van der Waals surface area (Å²) in [5.74, 6) is -6.15. The molecule has 45 heavy (non-hydrogen) atoms. The first kappa shape index (κ1) is 31.4. The molecule has 4 heterocycles. The van der Waals surface area contributed by atoms with Crippen LogP contribution in [-0.2, 0) is 26.0 Å². The molecular weight excluding hydrogens is 616 g/mol. The number of nitrogens with zero attached hydrogens (tertiary/aromatic N) is 4. The van der Waals surface area contributed by atoms with Gasteiger partial charge >= 0.3 is 12.0 Å². The largest absolute Gasteiger partial charge is 0.480 e. The van der Waals surface area contributed by atoms with Gasteiger partial charge < -0.3 is 20.6 Å². The number of urea groups is 1. The van der Waals surface area contributed by atoms with Crippen LogP contribution in [0.2, 0.25) is 0 Å². The molecule has 1 aromatic carbocycles. The maximum Gasteiger partial charge on any atom is 0.331 e. The van der Waals surface area contributed by atoms with Gasteiger partial charge in [0.1, 0.15) is 17.7 Å². The minimum absolute atomic E-state index is 0.155. The Morgan fingerprint density at radius 1 is 1.13 bits per heavy atom. The average Bonchev–Trinajstić information content (AvgIpc) is 3.02. The van der Waals surface area contributed by atoms with E-state index < -0.39 is 61.9 Å². The summed E-state index contributed by atoms with van der Waals surface area (Å²) < 4.78 is 56.3. The van der Waals surface area contributed by atoms with E-state index in [0.717, 1.165) is 11.0 Å². The number of pyridine rings is 2. The highest BCUT2D eigenvalue weighted by atomic mass is 32.2. The topological polar surface area (TPSA) is 191 Å². The minimum atomic E-state index is -4.37. The fraction of sp³-hybridized carbons (Fsp3) is 0.286. The van der Waals surface area contributed by atoms with Crippen LogP contribution in [0.3, 0.4) is 0 Å². The number of benzene rings is 1. The van der Waals surface area contributed by atoms with Crippen LogP contribution >= 0.6 is 0 Å². The van der Waals surface area contributed by atoms with Crippen LogP contribution in [0.25, 0.3) is 0 Å². The van der Waals surface area contributed by atoms with Crippen molar-refractivity contribution in [2.75, 3.05) is 29.8 Å². The van der Waals surface area contributed by atoms with Crippen LogP contribution in [-0.4, -0.2) is 84.4 Å². The molecule has 236 valence electrons. The molecule has 17 heteroatoms. The van der Waals surface area contributed by atoms with Crippen molar-refractivity contribution in [1.82, 2.24) is 25.5 Å². The predicted octanol–water partition coefficient (Wildman–Crippen LogP) is 1.36. The number of carbonyl (C=O) groups is 4. The molecule has 2 aliphatic heterocycles. The number of rotatable bonds is 9. The zero-order valence-corrected chi connectivity index (χ0v) is 24.4. The quantitative estimate of drug-likeness (QED) is 0.265. The van der Waals surface area contributed by atoms with E-state index in [2.05, 4.69) is 20.6 Å². The number of aromatic nitrogens is 2. The summed E-state index contributed by atoms with van der Waals surface area (Å²) in [6, 6.07) is 5.24. The van der Waals surface area contributed by atoms with Crippen molar-refractivity contribution in [3.05, 3.63) is 77.8 Å². The monoisotopic (exact) mass is 643 g/mol. The number of halogens is 2. The highest BCUT2D eigenvalue weighted by Crippen LogP contribution is 2.30. The zero-order chi connectivity index (χ0) is 32.5. The number of hydrogen-bond acceptors (Lipinski definition) is 9. The number of nitrogens with one attached hydrogen (secondary N) is 3. The molecule has 5 rings (SSSR count). The van der Waals surface area contributed by atoms with Crippen LogP contribution in [0, 0.1) is 17.6 Å². The molecule has 14 nitrogen and oxygen atoms in total. The molecule has 0 aliphatic carbocycles. The third-order valence-electron chi connectivity index (χ3n) is 7.52. The van der Waals surface area contributed by atoms with E-state index in [0.29, 0.717) is 31.6 Å². The molecule has 0 spiro atoms. The molecule has 3 aromatic rings. The number of fused-ring (bicyclic) bond motifs is 1. The van der Waals surface area contributed by atoms with E-state index in [1.54, 1.807) is 7.05 Å². The van der Waals surface area contributed by atoms with E-state index in [9.17, 15) is 41.5 Å². The van der Waals surface area contributed by atoms with Crippen LogP contribution in [0.5, 0.6) is 0 Å². The Kier molecular flexibility index (Phi) is 8.74. The van der Waals surface area contributed by atoms with Gasteiger partial charge in [0, 0.05) is 38.0 Å². The predicted molar refractivity (Wildman–Crippen MR) is 154 cm³/mol. The standard InChI is InChI=1S/C28H27F2N7O7S/c1-36-23-14-31-9-7-17(23)26(39)37(28(36)42)16-6-5-15(33-13-16)10-22(27(40)41)34-25(38)18-11-20(30)21(12-19(18)29)35-45(43,44)24-4-2-3-8-32-24/h2-6,8,11-13,17,22-23,31,35H,7,9-10,14H2,1H3,(H,34,38)(H,40,41)/t17?,22-,23?/m0/s1. The molecule has 3 atom stereocenters. The first-order valence-corrected chi connectivity index (χ1v) is 15.1. The normalized spacial score (nSPS) is 19.1. The van der Waals surface area contributed by atoms with Crippen LogP contribution in [0.1, 0.15) is 22.5 Å². The number of piperidine rings is 1. The van der Waals surface area contributed by atoms with Crippen LogP contribution < -0.4 is 20.3 Å². The van der Waals surface area contributed by atoms with E-state index >= 15 is 0 Å². The number of anilines is 2. The van der Waals surface area contributed by atoms with Crippen molar-refractivity contribution < 1.29 is 41.5 Å². The van der Waals surface area contributed by atoms with Gasteiger partial charge in [-0.15, -0.1) is 0 Å². The summed E-state index contributed by atoms with van der Waals surface area (Å²) in [6.45, 7) is 1.13. The number of sulfonamides is 1. The fourth-order valence-corrected chi connectivity index (χ4v) is 6.16. The zero-order valence-electron chi connectivity index (χ0n) is 23.6. The summed E-state index contributed by atoms with van der Waals surface area (Å²) in [6.07, 6.45) is 2.60. The van der Waals surface area contributed by atoms with Crippen molar-refractivity contribution in [1.29, 1.82) is 0 Å². The lowest BCUT2D eigenvalue weighted by Crippen LogP contribution is -2.65. The second kappa shape index (κ2) is 12.5. The van der Waals surface area contributed by atoms with Gasteiger partial charge in [0.25, 0.3) is 15.9 Å². The maximum absolute atomic E-state index is 14.8. The number of amides is 4. The smallest absolute Gasteiger partial charge is 0.331 e. The highest BCUT2D eigenvalue weighted by Gasteiger charge is 2.46. The minimum Gasteiger partial charge on any atom is -0.480 e. The third kappa shape index (κ3) is 6.44. The first-order chi connectivity index (χ1) is 21.4. The molecule has 2 fully saturated rings. The second-order valence-corrected chi connectivity index (χ2v) is 12.0. The Labute approximate surface area is 255 Å². The number of aliphatic carboxylic acids is 1. The van der Waals surface area contributed by atoms with Gasteiger partial charge in [-0.05, 0) is 43.3 Å². The number of imide groups is 1. The lowest BCUT2D eigenvalue weighted by atomic mass is 9.88. The first-order valence-electron chi connectivity index (χ1n) is 13.6. The van der Waals surface area contributed by atoms with Gasteiger partial charge in [-0.2, -0.15) is 8.42 Å². The number of hydrogen-bond donors (Lipinski definition) is 4. The highest BCUT2D eigenvalue weighted by molar-refractivity contribution is 7.92. The van der Waals surface area contributed by atoms with Crippen LogP contribution in [0.15, 0.2) is 59.9 Å². The lowest BCUT2D eigenvalue weighted by Gasteiger charge is -2.45. The summed E-state index contributed by atoms with van der Waals surface area (Å²) in [5, 5.41) is 14.5. The molecule has 2 saturated heterocycles. The molecule has 0 radical (unpaired) electrons. The van der Waals surface area contributed by atoms with Crippen molar-refractivity contribution in [2.45, 2.75) is 30.0 Å². The van der Waals surface area contributed by atoms with Gasteiger partial charge in [-0.1, -0.05) is 6.07 Å². The Balaban J connectivity index is 1.28. The number of likely N-dealkylation sites (N-methyl/N-ethyl adjacent to an activating group) is 1. The number of carboxylic acid groups (broad SMARTS) is 1. The van der Waals surface area contributed by atoms with E-state index in [-0.39, 0.29) is 35.7 Å². The SMILES string of the molecule is CN1C(=O)N(c2ccc(C[C@H](NC(=O)c3cc(F)c(NS(=O)(=O)c4ccccn4)cc3F)C(=O)O)nc2)C(=O)C2CCNCC21. The summed E-state index contributed by atoms with van der Waals surface area (Å²) in [7, 11) is -2.77. The van der Waals surface area contributed by atoms with Crippen molar-refractivity contribution >= 4 is 45.2 Å². The Morgan fingerprint density at radius 2 is 1.91 bits per heavy atom. The van der Waals surface area contributed by atoms with Gasteiger partial charge in [0.2, 0.25) is 5.91 Å². The molecule has 2 aliphatic rings. The van der Waals surface area contributed by atoms with Gasteiger partial charge in [0.15, 0.2) is 5.03 Å². The van der Waals surface area contributed by atoms with Gasteiger partial charge in [-0.25, -0.2) is 28.3 Å². The van der Waals surface area contributed by atoms with E-state index in [1.165, 1.54) is 41.6 Å². The molecule has 2 aromatic heterocycles. The summed E-state index contributed by atoms with van der Waals surface area (Å²) in [4.78, 5) is 61.1. The molecular formula is C28H27F2N7O7S. The van der Waals surface area contributed by atoms with Crippen molar-refractivity contribution in [3.8, 4) is 0 Å². The Morgan fingerprint density at radius 3 is 2.58 bits per heavy atom.